The molecule has 0 atom stereocenters. The number of halogens is 1. The summed E-state index contributed by atoms with van der Waals surface area (Å²) in [5.74, 6) is -0.303. The molecule has 6 heteroatoms. The van der Waals surface area contributed by atoms with Crippen LogP contribution in [0.1, 0.15) is 15.9 Å². The van der Waals surface area contributed by atoms with Crippen molar-refractivity contribution in [1.82, 2.24) is 5.16 Å². The molecule has 0 aliphatic carbocycles. The molecule has 0 saturated carbocycles. The first kappa shape index (κ1) is 12.1. The van der Waals surface area contributed by atoms with Gasteiger partial charge in [-0.15, -0.1) is 0 Å². The number of ketones is 1. The molecule has 102 valence electrons. The first-order chi connectivity index (χ1) is 10.1. The summed E-state index contributed by atoms with van der Waals surface area (Å²) in [5, 5.41) is 15.0. The predicted octanol–water partition coefficient (Wildman–Crippen LogP) is 3.50. The lowest BCUT2D eigenvalue weighted by atomic mass is 9.99. The minimum atomic E-state index is -0.259. The fourth-order valence-electron chi connectivity index (χ4n) is 2.44. The quantitative estimate of drug-likeness (QED) is 0.746. The van der Waals surface area contributed by atoms with Crippen LogP contribution in [0.4, 0.5) is 5.69 Å². The van der Waals surface area contributed by atoms with Crippen LogP contribution in [0.15, 0.2) is 46.1 Å². The molecule has 0 spiro atoms. The molecular formula is C15H7ClN2O3. The number of nitrogens with zero attached hydrogens (tertiary/aromatic N) is 2. The normalized spacial score (nSPS) is 13.6. The van der Waals surface area contributed by atoms with Gasteiger partial charge in [0.2, 0.25) is 5.78 Å². The van der Waals surface area contributed by atoms with E-state index < -0.39 is 0 Å². The highest BCUT2D eigenvalue weighted by molar-refractivity contribution is 6.56. The van der Waals surface area contributed by atoms with Crippen LogP contribution in [0.5, 0.6) is 5.75 Å². The van der Waals surface area contributed by atoms with Gasteiger partial charge >= 0.3 is 0 Å². The Labute approximate surface area is 123 Å². The maximum atomic E-state index is 12.5. The van der Waals surface area contributed by atoms with Gasteiger partial charge < -0.3 is 9.63 Å². The smallest absolute Gasteiger partial charge is 0.214 e. The number of carbonyl (C=O) groups excluding carboxylic acids is 1. The van der Waals surface area contributed by atoms with Crippen LogP contribution in [0.3, 0.4) is 0 Å². The minimum absolute atomic E-state index is 0.0447. The number of phenolic OH excluding ortho intramolecular Hbond substituents is 1. The molecule has 0 radical (unpaired) electrons. The number of aliphatic imine (C=N–C) groups is 1. The van der Waals surface area contributed by atoms with E-state index in [2.05, 4.69) is 10.1 Å². The van der Waals surface area contributed by atoms with Crippen molar-refractivity contribution >= 4 is 39.7 Å². The highest BCUT2D eigenvalue weighted by Gasteiger charge is 2.29. The third-order valence-electron chi connectivity index (χ3n) is 3.41. The van der Waals surface area contributed by atoms with E-state index in [4.69, 9.17) is 16.1 Å². The van der Waals surface area contributed by atoms with E-state index in [0.717, 1.165) is 0 Å². The van der Waals surface area contributed by atoms with E-state index in [9.17, 15) is 9.90 Å². The first-order valence-electron chi connectivity index (χ1n) is 6.14. The largest absolute Gasteiger partial charge is 0.507 e. The van der Waals surface area contributed by atoms with Crippen molar-refractivity contribution in [2.24, 2.45) is 4.99 Å². The van der Waals surface area contributed by atoms with Crippen LogP contribution in [-0.2, 0) is 0 Å². The Bertz CT molecular complexity index is 943. The number of fused-ring (bicyclic) bond motifs is 2. The summed E-state index contributed by atoms with van der Waals surface area (Å²) in [6.45, 7) is 0. The average Bonchev–Trinajstić information content (AvgIpc) is 3.04. The van der Waals surface area contributed by atoms with Crippen LogP contribution in [0, 0.1) is 0 Å². The maximum absolute atomic E-state index is 12.5. The Morgan fingerprint density at radius 2 is 2.05 bits per heavy atom. The molecule has 1 aliphatic heterocycles. The van der Waals surface area contributed by atoms with E-state index in [1.165, 1.54) is 12.3 Å². The van der Waals surface area contributed by atoms with Crippen molar-refractivity contribution in [3.05, 3.63) is 52.7 Å². The van der Waals surface area contributed by atoms with Gasteiger partial charge in [0, 0.05) is 10.6 Å². The van der Waals surface area contributed by atoms with Crippen molar-refractivity contribution in [1.29, 1.82) is 0 Å². The molecule has 0 bridgehead atoms. The molecular weight excluding hydrogens is 292 g/mol. The number of aromatic hydroxyl groups is 1. The van der Waals surface area contributed by atoms with Crippen molar-refractivity contribution < 1.29 is 14.4 Å². The fourth-order valence-corrected chi connectivity index (χ4v) is 2.60. The van der Waals surface area contributed by atoms with Crippen LogP contribution in [0.2, 0.25) is 5.02 Å². The van der Waals surface area contributed by atoms with Gasteiger partial charge in [-0.05, 0) is 30.3 Å². The van der Waals surface area contributed by atoms with Crippen LogP contribution < -0.4 is 0 Å². The number of Topliss-reactive ketones (excluding diaryl/α,β-unsaturated/α-hetero) is 1. The number of carbonyl (C=O) groups is 1. The zero-order valence-electron chi connectivity index (χ0n) is 10.5. The second-order valence-corrected chi connectivity index (χ2v) is 5.09. The number of hydrogen-bond donors (Lipinski definition) is 1. The first-order valence-corrected chi connectivity index (χ1v) is 6.52. The molecule has 0 fully saturated rings. The fraction of sp³-hybridized carbons (Fsp3) is 0. The predicted molar refractivity (Wildman–Crippen MR) is 77.7 cm³/mol. The lowest BCUT2D eigenvalue weighted by Gasteiger charge is -2.03. The van der Waals surface area contributed by atoms with Crippen molar-refractivity contribution in [3.63, 3.8) is 0 Å². The molecule has 1 aromatic heterocycles. The summed E-state index contributed by atoms with van der Waals surface area (Å²) in [6.07, 6.45) is 1.39. The summed E-state index contributed by atoms with van der Waals surface area (Å²) >= 11 is 5.92. The van der Waals surface area contributed by atoms with E-state index in [1.54, 1.807) is 24.3 Å². The van der Waals surface area contributed by atoms with Gasteiger partial charge in [-0.1, -0.05) is 16.8 Å². The summed E-state index contributed by atoms with van der Waals surface area (Å²) in [6, 6.07) is 7.96. The number of rotatable bonds is 1. The number of hydrogen-bond acceptors (Lipinski definition) is 5. The van der Waals surface area contributed by atoms with E-state index in [-0.39, 0.29) is 17.2 Å². The third kappa shape index (κ3) is 1.68. The summed E-state index contributed by atoms with van der Waals surface area (Å²) in [5.41, 5.74) is 1.99. The van der Waals surface area contributed by atoms with Gasteiger partial charge in [0.1, 0.15) is 23.2 Å². The monoisotopic (exact) mass is 298 g/mol. The van der Waals surface area contributed by atoms with Gasteiger partial charge in [0.15, 0.2) is 0 Å². The molecule has 0 saturated heterocycles. The Hall–Kier alpha value is -2.66. The summed E-state index contributed by atoms with van der Waals surface area (Å²) < 4.78 is 4.90. The zero-order valence-corrected chi connectivity index (χ0v) is 11.3. The standard InChI is InChI=1S/C15H7ClN2O3/c16-7-1-2-8-11(5-7)17-14(15(8)20)13-9-6-21-18-10(9)3-4-12(13)19/h1-6,19H. The van der Waals surface area contributed by atoms with E-state index >= 15 is 0 Å². The second kappa shape index (κ2) is 4.17. The third-order valence-corrected chi connectivity index (χ3v) is 3.65. The highest BCUT2D eigenvalue weighted by Crippen LogP contribution is 2.36. The van der Waals surface area contributed by atoms with E-state index in [1.807, 2.05) is 0 Å². The van der Waals surface area contributed by atoms with Crippen LogP contribution in [0.25, 0.3) is 10.9 Å². The Kier molecular flexibility index (Phi) is 2.40. The lowest BCUT2D eigenvalue weighted by Crippen LogP contribution is -2.11. The number of aromatic nitrogens is 1. The Morgan fingerprint density at radius 1 is 1.19 bits per heavy atom. The molecule has 1 N–H and O–H groups in total. The van der Waals surface area contributed by atoms with Gasteiger partial charge in [0.25, 0.3) is 0 Å². The SMILES string of the molecule is O=C1C(c2c(O)ccc3nocc23)=Nc2cc(Cl)ccc21. The van der Waals surface area contributed by atoms with E-state index in [0.29, 0.717) is 32.7 Å². The molecule has 2 heterocycles. The molecule has 5 nitrogen and oxygen atoms in total. The average molecular weight is 299 g/mol. The Morgan fingerprint density at radius 3 is 2.90 bits per heavy atom. The Balaban J connectivity index is 1.99. The van der Waals surface area contributed by atoms with Gasteiger partial charge in [-0.2, -0.15) is 0 Å². The molecule has 3 aromatic rings. The number of phenols is 1. The molecule has 1 aliphatic rings. The van der Waals surface area contributed by atoms with Crippen molar-refractivity contribution in [2.45, 2.75) is 0 Å². The summed E-state index contributed by atoms with van der Waals surface area (Å²) in [4.78, 5) is 16.8. The topological polar surface area (TPSA) is 75.7 Å². The van der Waals surface area contributed by atoms with Gasteiger partial charge in [0.05, 0.1) is 16.6 Å². The van der Waals surface area contributed by atoms with Crippen molar-refractivity contribution in [3.8, 4) is 5.75 Å². The van der Waals surface area contributed by atoms with Crippen LogP contribution >= 0.6 is 11.6 Å². The van der Waals surface area contributed by atoms with Crippen LogP contribution in [-0.4, -0.2) is 21.8 Å². The summed E-state index contributed by atoms with van der Waals surface area (Å²) in [7, 11) is 0. The zero-order chi connectivity index (χ0) is 14.6. The second-order valence-electron chi connectivity index (χ2n) is 4.66. The number of benzene rings is 2. The lowest BCUT2D eigenvalue weighted by molar-refractivity contribution is 0.107. The molecule has 21 heavy (non-hydrogen) atoms. The minimum Gasteiger partial charge on any atom is -0.507 e. The van der Waals surface area contributed by atoms with Crippen molar-refractivity contribution in [2.75, 3.05) is 0 Å². The maximum Gasteiger partial charge on any atom is 0.214 e. The molecule has 4 rings (SSSR count). The van der Waals surface area contributed by atoms with Gasteiger partial charge in [-0.25, -0.2) is 4.99 Å². The highest BCUT2D eigenvalue weighted by atomic mass is 35.5. The molecule has 0 unspecified atom stereocenters. The van der Waals surface area contributed by atoms with Gasteiger partial charge in [-0.3, -0.25) is 4.79 Å². The molecule has 2 aromatic carbocycles. The molecule has 0 amide bonds.